The van der Waals surface area contributed by atoms with Crippen LogP contribution < -0.4 is 10.0 Å². The third-order valence-corrected chi connectivity index (χ3v) is 3.27. The van der Waals surface area contributed by atoms with Crippen LogP contribution in [0.5, 0.6) is 0 Å². The minimum atomic E-state index is -3.30. The molecule has 17 heavy (non-hydrogen) atoms. The lowest BCUT2D eigenvalue weighted by Crippen LogP contribution is -2.34. The zero-order valence-corrected chi connectivity index (χ0v) is 11.0. The van der Waals surface area contributed by atoms with E-state index in [-0.39, 0.29) is 18.3 Å². The van der Waals surface area contributed by atoms with Crippen molar-refractivity contribution < 1.29 is 12.9 Å². The van der Waals surface area contributed by atoms with Crippen molar-refractivity contribution in [1.82, 2.24) is 20.2 Å². The minimum Gasteiger partial charge on any atom is -0.340 e. The molecule has 0 saturated heterocycles. The Morgan fingerprint density at radius 2 is 2.12 bits per heavy atom. The van der Waals surface area contributed by atoms with E-state index >= 15 is 0 Å². The molecule has 0 amide bonds. The van der Waals surface area contributed by atoms with Crippen molar-refractivity contribution in [3.63, 3.8) is 0 Å². The van der Waals surface area contributed by atoms with Crippen LogP contribution in [0.3, 0.4) is 0 Å². The molecular formula is C9H18N4O3S. The Hall–Kier alpha value is -0.990. The van der Waals surface area contributed by atoms with Crippen molar-refractivity contribution >= 4 is 10.0 Å². The molecule has 0 radical (unpaired) electrons. The molecule has 1 aromatic rings. The van der Waals surface area contributed by atoms with E-state index in [0.717, 1.165) is 0 Å². The quantitative estimate of drug-likeness (QED) is 0.706. The summed E-state index contributed by atoms with van der Waals surface area (Å²) in [4.78, 5) is 3.90. The molecule has 0 aromatic carbocycles. The van der Waals surface area contributed by atoms with Gasteiger partial charge < -0.3 is 9.84 Å². The van der Waals surface area contributed by atoms with Crippen LogP contribution >= 0.6 is 0 Å². The molecular weight excluding hydrogens is 244 g/mol. The second kappa shape index (κ2) is 6.08. The van der Waals surface area contributed by atoms with Crippen LogP contribution in [0.1, 0.15) is 25.6 Å². The van der Waals surface area contributed by atoms with Gasteiger partial charge in [0, 0.05) is 19.5 Å². The maximum Gasteiger partial charge on any atom is 0.223 e. The van der Waals surface area contributed by atoms with Gasteiger partial charge in [-0.15, -0.1) is 0 Å². The van der Waals surface area contributed by atoms with Crippen molar-refractivity contribution in [2.45, 2.75) is 33.4 Å². The molecule has 2 N–H and O–H groups in total. The summed E-state index contributed by atoms with van der Waals surface area (Å²) in [6.45, 7) is 6.04. The molecule has 0 unspecified atom stereocenters. The number of nitrogens with one attached hydrogen (secondary N) is 2. The Morgan fingerprint density at radius 3 is 2.65 bits per heavy atom. The van der Waals surface area contributed by atoms with Crippen molar-refractivity contribution in [2.75, 3.05) is 12.3 Å². The van der Waals surface area contributed by atoms with E-state index in [1.807, 2.05) is 13.8 Å². The number of hydrogen-bond donors (Lipinski definition) is 2. The highest BCUT2D eigenvalue weighted by atomic mass is 32.2. The predicted molar refractivity (Wildman–Crippen MR) is 62.8 cm³/mol. The highest BCUT2D eigenvalue weighted by Crippen LogP contribution is 1.95. The third-order valence-electron chi connectivity index (χ3n) is 1.94. The summed E-state index contributed by atoms with van der Waals surface area (Å²) in [5.41, 5.74) is 0. The fourth-order valence-corrected chi connectivity index (χ4v) is 2.02. The SMILES string of the molecule is Cc1nc(CNS(=O)(=O)CCNC(C)C)no1. The zero-order valence-electron chi connectivity index (χ0n) is 10.2. The first kappa shape index (κ1) is 14.1. The van der Waals surface area contributed by atoms with Gasteiger partial charge >= 0.3 is 0 Å². The summed E-state index contributed by atoms with van der Waals surface area (Å²) in [6, 6.07) is 0.269. The Balaban J connectivity index is 2.34. The summed E-state index contributed by atoms with van der Waals surface area (Å²) < 4.78 is 30.3. The molecule has 0 saturated carbocycles. The molecule has 0 fully saturated rings. The average molecular weight is 262 g/mol. The lowest BCUT2D eigenvalue weighted by Gasteiger charge is -2.08. The van der Waals surface area contributed by atoms with E-state index in [4.69, 9.17) is 4.52 Å². The summed E-state index contributed by atoms with van der Waals surface area (Å²) in [7, 11) is -3.30. The van der Waals surface area contributed by atoms with E-state index in [1.165, 1.54) is 0 Å². The Morgan fingerprint density at radius 1 is 1.41 bits per heavy atom. The van der Waals surface area contributed by atoms with Crippen molar-refractivity contribution in [1.29, 1.82) is 0 Å². The maximum absolute atomic E-state index is 11.6. The number of nitrogens with zero attached hydrogens (tertiary/aromatic N) is 2. The first-order chi connectivity index (χ1) is 7.89. The van der Waals surface area contributed by atoms with Gasteiger partial charge in [0.25, 0.3) is 0 Å². The Bertz CT molecular complexity index is 441. The first-order valence-corrected chi connectivity index (χ1v) is 7.04. The number of aromatic nitrogens is 2. The molecule has 0 aliphatic heterocycles. The highest BCUT2D eigenvalue weighted by molar-refractivity contribution is 7.89. The van der Waals surface area contributed by atoms with Gasteiger partial charge in [0.2, 0.25) is 15.9 Å². The summed E-state index contributed by atoms with van der Waals surface area (Å²) in [5.74, 6) is 0.783. The molecule has 0 atom stereocenters. The van der Waals surface area contributed by atoms with Crippen LogP contribution in [0.15, 0.2) is 4.52 Å². The Labute approximate surface area is 101 Å². The van der Waals surface area contributed by atoms with Gasteiger partial charge in [0.1, 0.15) is 0 Å². The third kappa shape index (κ3) is 5.76. The fourth-order valence-electron chi connectivity index (χ4n) is 1.14. The van der Waals surface area contributed by atoms with Crippen molar-refractivity contribution in [3.8, 4) is 0 Å². The van der Waals surface area contributed by atoms with Crippen LogP contribution in [-0.2, 0) is 16.6 Å². The minimum absolute atomic E-state index is 0.0298. The molecule has 8 heteroatoms. The number of rotatable bonds is 7. The van der Waals surface area contributed by atoms with E-state index in [9.17, 15) is 8.42 Å². The van der Waals surface area contributed by atoms with Gasteiger partial charge in [-0.25, -0.2) is 13.1 Å². The van der Waals surface area contributed by atoms with Gasteiger partial charge in [-0.1, -0.05) is 19.0 Å². The molecule has 98 valence electrons. The summed E-state index contributed by atoms with van der Waals surface area (Å²) in [6.07, 6.45) is 0. The van der Waals surface area contributed by atoms with E-state index in [2.05, 4.69) is 20.2 Å². The van der Waals surface area contributed by atoms with Crippen LogP contribution in [-0.4, -0.2) is 36.9 Å². The normalized spacial score (nSPS) is 12.2. The predicted octanol–water partition coefficient (Wildman–Crippen LogP) is -0.205. The molecule has 0 spiro atoms. The molecule has 7 nitrogen and oxygen atoms in total. The topological polar surface area (TPSA) is 97.1 Å². The lowest BCUT2D eigenvalue weighted by atomic mass is 10.4. The molecule has 1 aromatic heterocycles. The average Bonchev–Trinajstić information content (AvgIpc) is 2.61. The molecule has 1 heterocycles. The lowest BCUT2D eigenvalue weighted by molar-refractivity contribution is 0.387. The number of aryl methyl sites for hydroxylation is 1. The molecule has 0 bridgehead atoms. The van der Waals surface area contributed by atoms with Crippen LogP contribution in [0.2, 0.25) is 0 Å². The number of hydrogen-bond acceptors (Lipinski definition) is 6. The second-order valence-electron chi connectivity index (χ2n) is 3.98. The van der Waals surface area contributed by atoms with E-state index in [1.54, 1.807) is 6.92 Å². The van der Waals surface area contributed by atoms with Crippen LogP contribution in [0.4, 0.5) is 0 Å². The molecule has 0 aliphatic rings. The van der Waals surface area contributed by atoms with Gasteiger partial charge in [-0.3, -0.25) is 0 Å². The fraction of sp³-hybridized carbons (Fsp3) is 0.778. The maximum atomic E-state index is 11.6. The van der Waals surface area contributed by atoms with Crippen molar-refractivity contribution in [3.05, 3.63) is 11.7 Å². The zero-order chi connectivity index (χ0) is 12.9. The van der Waals surface area contributed by atoms with Gasteiger partial charge in [-0.05, 0) is 0 Å². The van der Waals surface area contributed by atoms with E-state index in [0.29, 0.717) is 18.3 Å². The van der Waals surface area contributed by atoms with Crippen molar-refractivity contribution in [2.24, 2.45) is 0 Å². The van der Waals surface area contributed by atoms with Crippen LogP contribution in [0.25, 0.3) is 0 Å². The first-order valence-electron chi connectivity index (χ1n) is 5.39. The van der Waals surface area contributed by atoms with E-state index < -0.39 is 10.0 Å². The summed E-state index contributed by atoms with van der Waals surface area (Å²) in [5, 5.41) is 6.63. The van der Waals surface area contributed by atoms with Crippen LogP contribution in [0, 0.1) is 6.92 Å². The molecule has 0 aliphatic carbocycles. The monoisotopic (exact) mass is 262 g/mol. The highest BCUT2D eigenvalue weighted by Gasteiger charge is 2.11. The smallest absolute Gasteiger partial charge is 0.223 e. The number of sulfonamides is 1. The standard InChI is InChI=1S/C9H18N4O3S/c1-7(2)10-4-5-17(14,15)11-6-9-12-8(3)16-13-9/h7,10-11H,4-6H2,1-3H3. The second-order valence-corrected chi connectivity index (χ2v) is 5.90. The Kier molecular flexibility index (Phi) is 5.03. The largest absolute Gasteiger partial charge is 0.340 e. The summed E-state index contributed by atoms with van der Waals surface area (Å²) >= 11 is 0. The van der Waals surface area contributed by atoms with Gasteiger partial charge in [-0.2, -0.15) is 4.98 Å². The van der Waals surface area contributed by atoms with Gasteiger partial charge in [0.15, 0.2) is 5.82 Å². The van der Waals surface area contributed by atoms with Gasteiger partial charge in [0.05, 0.1) is 12.3 Å². The molecule has 1 rings (SSSR count).